The molecule has 0 saturated carbocycles. The van der Waals surface area contributed by atoms with Crippen molar-refractivity contribution in [2.45, 2.75) is 52.4 Å². The number of thioether (sulfide) groups is 6. The second-order valence-corrected chi connectivity index (χ2v) is 13.3. The summed E-state index contributed by atoms with van der Waals surface area (Å²) in [6, 6.07) is 0. The van der Waals surface area contributed by atoms with Crippen molar-refractivity contribution < 1.29 is 10.2 Å². The van der Waals surface area contributed by atoms with Crippen LogP contribution in [0, 0.1) is 0 Å². The van der Waals surface area contributed by atoms with E-state index in [2.05, 4.69) is 13.8 Å². The molecule has 0 aliphatic carbocycles. The Morgan fingerprint density at radius 3 is 1.46 bits per heavy atom. The summed E-state index contributed by atoms with van der Waals surface area (Å²) < 4.78 is 5.63. The van der Waals surface area contributed by atoms with Crippen molar-refractivity contribution >= 4 is 70.6 Å². The van der Waals surface area contributed by atoms with Crippen molar-refractivity contribution in [1.82, 2.24) is 0 Å². The predicted octanol–water partition coefficient (Wildman–Crippen LogP) is 7.24. The number of unbranched alkanes of at least 4 members (excludes halogenated alkanes) is 2. The van der Waals surface area contributed by atoms with Gasteiger partial charge in [-0.25, -0.2) is 0 Å². The lowest BCUT2D eigenvalue weighted by Gasteiger charge is -2.03. The summed E-state index contributed by atoms with van der Waals surface area (Å²) in [5.74, 6) is 1.55. The van der Waals surface area contributed by atoms with Crippen molar-refractivity contribution in [2.24, 2.45) is 0 Å². The highest BCUT2D eigenvalue weighted by Gasteiger charge is 2.29. The lowest BCUT2D eigenvalue weighted by molar-refractivity contribution is 0.322. The molecule has 2 heterocycles. The van der Waals surface area contributed by atoms with Gasteiger partial charge in [-0.3, -0.25) is 0 Å². The summed E-state index contributed by atoms with van der Waals surface area (Å²) in [5.41, 5.74) is 0. The van der Waals surface area contributed by atoms with Gasteiger partial charge in [0.25, 0.3) is 0 Å². The van der Waals surface area contributed by atoms with Crippen LogP contribution in [0.25, 0.3) is 0 Å². The monoisotopic (exact) mass is 468 g/mol. The maximum atomic E-state index is 9.19. The van der Waals surface area contributed by atoms with Crippen molar-refractivity contribution in [3.05, 3.63) is 26.8 Å². The third kappa shape index (κ3) is 7.25. The maximum absolute atomic E-state index is 9.19. The van der Waals surface area contributed by atoms with Crippen LogP contribution in [-0.4, -0.2) is 34.9 Å². The molecule has 2 rings (SSSR count). The van der Waals surface area contributed by atoms with Gasteiger partial charge in [0.15, 0.2) is 0 Å². The summed E-state index contributed by atoms with van der Waals surface area (Å²) in [7, 11) is 0. The highest BCUT2D eigenvalue weighted by atomic mass is 32.2. The molecule has 0 spiro atoms. The lowest BCUT2D eigenvalue weighted by Crippen LogP contribution is -1.86. The van der Waals surface area contributed by atoms with E-state index in [0.717, 1.165) is 24.3 Å². The van der Waals surface area contributed by atoms with E-state index in [1.807, 2.05) is 47.0 Å². The Morgan fingerprint density at radius 2 is 1.12 bits per heavy atom. The highest BCUT2D eigenvalue weighted by molar-refractivity contribution is 8.40. The molecule has 0 aromatic rings. The Morgan fingerprint density at radius 1 is 0.692 bits per heavy atom. The standard InChI is InChI=1S/C18H28O2S6/c1-3-5-7-13-15(21-11-9-19)25-17(23-13)18-24-14(8-6-4-2)16(26-18)22-12-10-20/h19-20H,3-12H2,1-2H3/b18-17+. The average molecular weight is 469 g/mol. The first-order valence-electron chi connectivity index (χ1n) is 9.12. The number of hydrogen-bond acceptors (Lipinski definition) is 8. The van der Waals surface area contributed by atoms with Crippen LogP contribution in [0.2, 0.25) is 0 Å². The third-order valence-corrected chi connectivity index (χ3v) is 12.4. The van der Waals surface area contributed by atoms with Crippen LogP contribution in [0.3, 0.4) is 0 Å². The van der Waals surface area contributed by atoms with Gasteiger partial charge in [0, 0.05) is 21.3 Å². The number of aliphatic hydroxyl groups excluding tert-OH is 2. The SMILES string of the molecule is CCCCC1=C(SCCO)S/C(=C2\SC(CCCC)=C(SCCO)S2)S1. The normalized spacial score (nSPS) is 20.8. The molecular weight excluding hydrogens is 441 g/mol. The fraction of sp³-hybridized carbons (Fsp3) is 0.667. The molecule has 0 radical (unpaired) electrons. The average Bonchev–Trinajstić information content (AvgIpc) is 3.25. The van der Waals surface area contributed by atoms with Gasteiger partial charge < -0.3 is 10.2 Å². The molecule has 0 aromatic heterocycles. The fourth-order valence-corrected chi connectivity index (χ4v) is 10.9. The van der Waals surface area contributed by atoms with Crippen molar-refractivity contribution in [3.63, 3.8) is 0 Å². The van der Waals surface area contributed by atoms with E-state index in [0.29, 0.717) is 0 Å². The molecule has 2 nitrogen and oxygen atoms in total. The van der Waals surface area contributed by atoms with E-state index in [9.17, 15) is 10.2 Å². The molecule has 2 aliphatic heterocycles. The van der Waals surface area contributed by atoms with Crippen LogP contribution in [-0.2, 0) is 0 Å². The molecule has 0 atom stereocenters. The summed E-state index contributed by atoms with van der Waals surface area (Å²) in [6.07, 6.45) is 7.19. The van der Waals surface area contributed by atoms with Gasteiger partial charge in [-0.2, -0.15) is 0 Å². The van der Waals surface area contributed by atoms with E-state index in [1.54, 1.807) is 23.5 Å². The van der Waals surface area contributed by atoms with Crippen molar-refractivity contribution in [1.29, 1.82) is 0 Å². The van der Waals surface area contributed by atoms with Gasteiger partial charge in [-0.05, 0) is 25.7 Å². The van der Waals surface area contributed by atoms with E-state index in [4.69, 9.17) is 0 Å². The lowest BCUT2D eigenvalue weighted by atomic mass is 10.2. The first-order valence-corrected chi connectivity index (χ1v) is 14.4. The highest BCUT2D eigenvalue weighted by Crippen LogP contribution is 2.64. The minimum absolute atomic E-state index is 0.237. The molecule has 0 fully saturated rings. The second-order valence-electron chi connectivity index (χ2n) is 5.76. The summed E-state index contributed by atoms with van der Waals surface area (Å²) in [5, 5.41) is 18.4. The zero-order valence-corrected chi connectivity index (χ0v) is 20.3. The number of aliphatic hydroxyl groups is 2. The van der Waals surface area contributed by atoms with Crippen LogP contribution in [0.5, 0.6) is 0 Å². The van der Waals surface area contributed by atoms with Gasteiger partial charge in [0.05, 0.1) is 30.2 Å². The van der Waals surface area contributed by atoms with Crippen LogP contribution >= 0.6 is 70.6 Å². The Labute approximate surface area is 183 Å². The number of rotatable bonds is 12. The molecule has 2 N–H and O–H groups in total. The Balaban J connectivity index is 2.08. The summed E-state index contributed by atoms with van der Waals surface area (Å²) in [6.45, 7) is 4.95. The smallest absolute Gasteiger partial charge is 0.0708 e. The third-order valence-electron chi connectivity index (χ3n) is 3.59. The van der Waals surface area contributed by atoms with Crippen LogP contribution in [0.1, 0.15) is 52.4 Å². The van der Waals surface area contributed by atoms with Crippen molar-refractivity contribution in [2.75, 3.05) is 24.7 Å². The molecule has 2 aliphatic rings. The molecule has 8 heteroatoms. The van der Waals surface area contributed by atoms with Gasteiger partial charge >= 0.3 is 0 Å². The zero-order chi connectivity index (χ0) is 18.8. The van der Waals surface area contributed by atoms with Gasteiger partial charge in [0.1, 0.15) is 0 Å². The molecule has 0 aromatic carbocycles. The molecule has 0 unspecified atom stereocenters. The first-order chi connectivity index (χ1) is 12.7. The van der Waals surface area contributed by atoms with Crippen LogP contribution in [0.4, 0.5) is 0 Å². The largest absolute Gasteiger partial charge is 0.396 e. The molecule has 0 saturated heterocycles. The fourth-order valence-electron chi connectivity index (χ4n) is 2.28. The summed E-state index contributed by atoms with van der Waals surface area (Å²) >= 11 is 11.3. The number of hydrogen-bond donors (Lipinski definition) is 2. The first kappa shape index (κ1) is 23.5. The van der Waals surface area contributed by atoms with E-state index >= 15 is 0 Å². The van der Waals surface area contributed by atoms with Gasteiger partial charge in [-0.15, -0.1) is 23.5 Å². The topological polar surface area (TPSA) is 40.5 Å². The predicted molar refractivity (Wildman–Crippen MR) is 130 cm³/mol. The molecule has 0 bridgehead atoms. The Kier molecular flexibility index (Phi) is 12.2. The molecule has 148 valence electrons. The Bertz CT molecular complexity index is 464. The van der Waals surface area contributed by atoms with Crippen molar-refractivity contribution in [3.8, 4) is 0 Å². The molecular formula is C18H28O2S6. The quantitative estimate of drug-likeness (QED) is 0.310. The number of allylic oxidation sites excluding steroid dienone is 2. The second kappa shape index (κ2) is 13.5. The zero-order valence-electron chi connectivity index (χ0n) is 15.4. The van der Waals surface area contributed by atoms with Gasteiger partial charge in [0.2, 0.25) is 0 Å². The minimum atomic E-state index is 0.237. The van der Waals surface area contributed by atoms with E-state index in [1.165, 1.54) is 52.4 Å². The maximum Gasteiger partial charge on any atom is 0.0708 e. The van der Waals surface area contributed by atoms with Crippen LogP contribution < -0.4 is 0 Å². The Hall–Kier alpha value is 1.24. The van der Waals surface area contributed by atoms with E-state index in [-0.39, 0.29) is 13.2 Å². The van der Waals surface area contributed by atoms with E-state index < -0.39 is 0 Å². The summed E-state index contributed by atoms with van der Waals surface area (Å²) in [4.78, 5) is 2.98. The molecule has 0 amide bonds. The minimum Gasteiger partial charge on any atom is -0.396 e. The molecule has 26 heavy (non-hydrogen) atoms. The van der Waals surface area contributed by atoms with Gasteiger partial charge in [-0.1, -0.05) is 73.7 Å². The van der Waals surface area contributed by atoms with Crippen LogP contribution in [0.15, 0.2) is 26.8 Å².